The highest BCUT2D eigenvalue weighted by Crippen LogP contribution is 2.38. The highest BCUT2D eigenvalue weighted by Gasteiger charge is 2.58. The molecule has 0 spiro atoms. The molecule has 4 heteroatoms. The Balaban J connectivity index is 2.14. The van der Waals surface area contributed by atoms with Crippen LogP contribution in [-0.2, 0) is 9.59 Å². The van der Waals surface area contributed by atoms with Gasteiger partial charge in [0, 0.05) is 18.0 Å². The molecule has 1 aliphatic rings. The summed E-state index contributed by atoms with van der Waals surface area (Å²) < 4.78 is 0. The Kier molecular flexibility index (Phi) is 3.27. The minimum Gasteiger partial charge on any atom is -0.294 e. The predicted octanol–water partition coefficient (Wildman–Crippen LogP) is 2.04. The van der Waals surface area contributed by atoms with E-state index < -0.39 is 5.41 Å². The Bertz CT molecular complexity index is 518. The van der Waals surface area contributed by atoms with E-state index in [2.05, 4.69) is 0 Å². The van der Waals surface area contributed by atoms with E-state index in [0.29, 0.717) is 5.56 Å². The molecule has 0 aromatic heterocycles. The van der Waals surface area contributed by atoms with E-state index in [9.17, 15) is 14.4 Å². The van der Waals surface area contributed by atoms with Gasteiger partial charge in [0.15, 0.2) is 5.78 Å². The molecule has 1 aliphatic heterocycles. The molecule has 0 saturated carbocycles. The molecule has 2 rings (SSSR count). The largest absolute Gasteiger partial charge is 0.294 e. The first-order valence-corrected chi connectivity index (χ1v) is 6.34. The third-order valence-electron chi connectivity index (χ3n) is 3.51. The summed E-state index contributed by atoms with van der Waals surface area (Å²) in [4.78, 5) is 37.4. The van der Waals surface area contributed by atoms with Gasteiger partial charge in [-0.3, -0.25) is 19.3 Å². The first-order chi connectivity index (χ1) is 8.88. The molecule has 100 valence electrons. The number of Topliss-reactive ketones (excluding diaryl/α,β-unsaturated/α-hetero) is 1. The lowest BCUT2D eigenvalue weighted by atomic mass is 9.74. The molecule has 0 atom stereocenters. The van der Waals surface area contributed by atoms with E-state index >= 15 is 0 Å². The van der Waals surface area contributed by atoms with Crippen LogP contribution < -0.4 is 0 Å². The SMILES string of the molecule is CC(C)N1C(=O)C(C)(CC(=O)c2ccccc2)C1=O. The topological polar surface area (TPSA) is 54.5 Å². The first kappa shape index (κ1) is 13.5. The number of rotatable bonds is 4. The summed E-state index contributed by atoms with van der Waals surface area (Å²) >= 11 is 0. The Morgan fingerprint density at radius 1 is 1.16 bits per heavy atom. The lowest BCUT2D eigenvalue weighted by Gasteiger charge is -2.45. The van der Waals surface area contributed by atoms with Crippen LogP contribution in [0.4, 0.5) is 0 Å². The number of β-lactam (4-membered cyclic amide) rings is 2. The van der Waals surface area contributed by atoms with Crippen molar-refractivity contribution in [3.8, 4) is 0 Å². The molecular formula is C15H17NO3. The van der Waals surface area contributed by atoms with E-state index in [1.165, 1.54) is 4.90 Å². The standard InChI is InChI=1S/C15H17NO3/c1-10(2)16-13(18)15(3,14(16)19)9-12(17)11-7-5-4-6-8-11/h4-8,10H,9H2,1-3H3. The van der Waals surface area contributed by atoms with Crippen molar-refractivity contribution in [3.63, 3.8) is 0 Å². The maximum atomic E-state index is 12.1. The number of carbonyl (C=O) groups excluding carboxylic acids is 3. The highest BCUT2D eigenvalue weighted by molar-refractivity contribution is 6.23. The summed E-state index contributed by atoms with van der Waals surface area (Å²) in [5.74, 6) is -0.679. The molecular weight excluding hydrogens is 242 g/mol. The van der Waals surface area contributed by atoms with Crippen molar-refractivity contribution in [2.24, 2.45) is 5.41 Å². The summed E-state index contributed by atoms with van der Waals surface area (Å²) in [6, 6.07) is 8.58. The molecule has 2 amide bonds. The normalized spacial score (nSPS) is 17.6. The third-order valence-corrected chi connectivity index (χ3v) is 3.51. The van der Waals surface area contributed by atoms with Gasteiger partial charge in [0.05, 0.1) is 0 Å². The van der Waals surface area contributed by atoms with Gasteiger partial charge in [-0.25, -0.2) is 0 Å². The number of amides is 2. The molecule has 0 bridgehead atoms. The fourth-order valence-corrected chi connectivity index (χ4v) is 2.33. The quantitative estimate of drug-likeness (QED) is 0.472. The number of hydrogen-bond acceptors (Lipinski definition) is 3. The summed E-state index contributed by atoms with van der Waals surface area (Å²) in [6.45, 7) is 5.13. The lowest BCUT2D eigenvalue weighted by molar-refractivity contribution is -0.177. The fraction of sp³-hybridized carbons (Fsp3) is 0.400. The number of benzene rings is 1. The van der Waals surface area contributed by atoms with Crippen LogP contribution in [0.5, 0.6) is 0 Å². The number of likely N-dealkylation sites (tertiary alicyclic amines) is 1. The zero-order chi connectivity index (χ0) is 14.2. The van der Waals surface area contributed by atoms with Crippen molar-refractivity contribution in [2.75, 3.05) is 0 Å². The zero-order valence-corrected chi connectivity index (χ0v) is 11.3. The van der Waals surface area contributed by atoms with Crippen LogP contribution in [0.3, 0.4) is 0 Å². The lowest BCUT2D eigenvalue weighted by Crippen LogP contribution is -2.67. The number of imide groups is 1. The first-order valence-electron chi connectivity index (χ1n) is 6.34. The number of hydrogen-bond donors (Lipinski definition) is 0. The summed E-state index contributed by atoms with van der Waals surface area (Å²) in [5.41, 5.74) is -0.649. The van der Waals surface area contributed by atoms with Crippen molar-refractivity contribution in [3.05, 3.63) is 35.9 Å². The Morgan fingerprint density at radius 2 is 1.68 bits per heavy atom. The zero-order valence-electron chi connectivity index (χ0n) is 11.3. The van der Waals surface area contributed by atoms with E-state index in [1.54, 1.807) is 45.0 Å². The van der Waals surface area contributed by atoms with Crippen LogP contribution >= 0.6 is 0 Å². The third kappa shape index (κ3) is 2.07. The van der Waals surface area contributed by atoms with Gasteiger partial charge >= 0.3 is 0 Å². The van der Waals surface area contributed by atoms with Gasteiger partial charge in [-0.2, -0.15) is 0 Å². The highest BCUT2D eigenvalue weighted by atomic mass is 16.2. The van der Waals surface area contributed by atoms with Crippen molar-refractivity contribution >= 4 is 17.6 Å². The summed E-state index contributed by atoms with van der Waals surface area (Å²) in [6.07, 6.45) is -0.0576. The van der Waals surface area contributed by atoms with Gasteiger partial charge in [-0.15, -0.1) is 0 Å². The van der Waals surface area contributed by atoms with E-state index in [0.717, 1.165) is 0 Å². The van der Waals surface area contributed by atoms with E-state index in [4.69, 9.17) is 0 Å². The fourth-order valence-electron chi connectivity index (χ4n) is 2.33. The molecule has 1 aromatic rings. The van der Waals surface area contributed by atoms with Gasteiger partial charge in [0.25, 0.3) is 0 Å². The summed E-state index contributed by atoms with van der Waals surface area (Å²) in [7, 11) is 0. The number of nitrogens with zero attached hydrogens (tertiary/aromatic N) is 1. The van der Waals surface area contributed by atoms with Crippen LogP contribution in [0, 0.1) is 5.41 Å². The predicted molar refractivity (Wildman–Crippen MR) is 70.5 cm³/mol. The molecule has 0 radical (unpaired) electrons. The molecule has 19 heavy (non-hydrogen) atoms. The molecule has 1 saturated heterocycles. The van der Waals surface area contributed by atoms with Crippen LogP contribution in [0.15, 0.2) is 30.3 Å². The second-order valence-electron chi connectivity index (χ2n) is 5.37. The van der Waals surface area contributed by atoms with Gasteiger partial charge in [-0.1, -0.05) is 30.3 Å². The van der Waals surface area contributed by atoms with Crippen molar-refractivity contribution in [1.29, 1.82) is 0 Å². The smallest absolute Gasteiger partial charge is 0.245 e. The number of ketones is 1. The molecule has 4 nitrogen and oxygen atoms in total. The second kappa shape index (κ2) is 4.61. The molecule has 0 unspecified atom stereocenters. The summed E-state index contributed by atoms with van der Waals surface area (Å²) in [5, 5.41) is 0. The van der Waals surface area contributed by atoms with Gasteiger partial charge in [0.1, 0.15) is 5.41 Å². The Hall–Kier alpha value is -1.97. The van der Waals surface area contributed by atoms with Gasteiger partial charge in [-0.05, 0) is 20.8 Å². The van der Waals surface area contributed by atoms with E-state index in [1.807, 2.05) is 6.07 Å². The van der Waals surface area contributed by atoms with Gasteiger partial charge in [0.2, 0.25) is 11.8 Å². The number of carbonyl (C=O) groups is 3. The van der Waals surface area contributed by atoms with E-state index in [-0.39, 0.29) is 30.1 Å². The maximum absolute atomic E-state index is 12.1. The molecule has 0 N–H and O–H groups in total. The molecule has 1 aromatic carbocycles. The average molecular weight is 259 g/mol. The second-order valence-corrected chi connectivity index (χ2v) is 5.37. The molecule has 0 aliphatic carbocycles. The minimum atomic E-state index is -1.18. The van der Waals surface area contributed by atoms with Crippen molar-refractivity contribution in [2.45, 2.75) is 33.2 Å². The molecule has 1 fully saturated rings. The van der Waals surface area contributed by atoms with Gasteiger partial charge < -0.3 is 0 Å². The van der Waals surface area contributed by atoms with Crippen molar-refractivity contribution in [1.82, 2.24) is 4.90 Å². The average Bonchev–Trinajstić information content (AvgIpc) is 2.39. The Morgan fingerprint density at radius 3 is 2.16 bits per heavy atom. The van der Waals surface area contributed by atoms with Crippen LogP contribution in [-0.4, -0.2) is 28.5 Å². The Labute approximate surface area is 112 Å². The minimum absolute atomic E-state index is 0.0576. The maximum Gasteiger partial charge on any atom is 0.245 e. The van der Waals surface area contributed by atoms with Crippen molar-refractivity contribution < 1.29 is 14.4 Å². The van der Waals surface area contributed by atoms with Crippen LogP contribution in [0.25, 0.3) is 0 Å². The molecule has 1 heterocycles. The monoisotopic (exact) mass is 259 g/mol. The van der Waals surface area contributed by atoms with Crippen LogP contribution in [0.2, 0.25) is 0 Å². The van der Waals surface area contributed by atoms with Crippen LogP contribution in [0.1, 0.15) is 37.6 Å².